The van der Waals surface area contributed by atoms with Crippen molar-refractivity contribution < 1.29 is 13.9 Å². The van der Waals surface area contributed by atoms with Crippen LogP contribution in [0, 0.1) is 11.6 Å². The Morgan fingerprint density at radius 3 is 2.80 bits per heavy atom. The zero-order valence-electron chi connectivity index (χ0n) is 11.4. The average Bonchev–Trinajstić information content (AvgIpc) is 2.44. The minimum Gasteiger partial charge on any atom is -0.396 e. The molecule has 0 amide bonds. The summed E-state index contributed by atoms with van der Waals surface area (Å²) in [6, 6.07) is 4.14. The van der Waals surface area contributed by atoms with E-state index in [0.717, 1.165) is 37.9 Å². The van der Waals surface area contributed by atoms with E-state index in [1.165, 1.54) is 12.5 Å². The van der Waals surface area contributed by atoms with Crippen molar-refractivity contribution in [3.8, 4) is 0 Å². The monoisotopic (exact) mass is 303 g/mol. The molecular weight excluding hydrogens is 284 g/mol. The summed E-state index contributed by atoms with van der Waals surface area (Å²) in [6.45, 7) is 1.70. The lowest BCUT2D eigenvalue weighted by atomic mass is 9.98. The molecule has 112 valence electrons. The van der Waals surface area contributed by atoms with E-state index in [2.05, 4.69) is 4.90 Å². The highest BCUT2D eigenvalue weighted by Gasteiger charge is 2.24. The van der Waals surface area contributed by atoms with Gasteiger partial charge in [0, 0.05) is 19.2 Å². The number of hydrogen-bond acceptors (Lipinski definition) is 2. The van der Waals surface area contributed by atoms with E-state index in [9.17, 15) is 8.78 Å². The molecule has 5 heteroatoms. The van der Waals surface area contributed by atoms with Crippen molar-refractivity contribution >= 4 is 11.6 Å². The first-order valence-electron chi connectivity index (χ1n) is 7.05. The molecule has 2 nitrogen and oxygen atoms in total. The third kappa shape index (κ3) is 3.90. The van der Waals surface area contributed by atoms with Crippen LogP contribution in [0.2, 0.25) is 0 Å². The van der Waals surface area contributed by atoms with Crippen LogP contribution in [0.4, 0.5) is 8.78 Å². The molecule has 1 fully saturated rings. The van der Waals surface area contributed by atoms with Crippen molar-refractivity contribution in [3.63, 3.8) is 0 Å². The van der Waals surface area contributed by atoms with Gasteiger partial charge in [0.05, 0.1) is 5.38 Å². The molecule has 0 aliphatic carbocycles. The van der Waals surface area contributed by atoms with Crippen LogP contribution in [-0.4, -0.2) is 35.7 Å². The van der Waals surface area contributed by atoms with Crippen molar-refractivity contribution in [3.05, 3.63) is 35.4 Å². The highest BCUT2D eigenvalue weighted by molar-refractivity contribution is 6.21. The van der Waals surface area contributed by atoms with Gasteiger partial charge in [0.25, 0.3) is 0 Å². The number of likely N-dealkylation sites (tertiary alicyclic amines) is 1. The van der Waals surface area contributed by atoms with E-state index in [4.69, 9.17) is 16.7 Å². The fraction of sp³-hybridized carbons (Fsp3) is 0.600. The first-order chi connectivity index (χ1) is 9.61. The Labute approximate surface area is 123 Å². The van der Waals surface area contributed by atoms with Crippen LogP contribution in [0.25, 0.3) is 0 Å². The van der Waals surface area contributed by atoms with Gasteiger partial charge in [-0.15, -0.1) is 11.6 Å². The summed E-state index contributed by atoms with van der Waals surface area (Å²) >= 11 is 6.34. The van der Waals surface area contributed by atoms with Gasteiger partial charge < -0.3 is 5.11 Å². The number of piperidine rings is 1. The molecule has 0 aromatic heterocycles. The van der Waals surface area contributed by atoms with Crippen LogP contribution < -0.4 is 0 Å². The maximum absolute atomic E-state index is 13.2. The minimum absolute atomic E-state index is 0.166. The first-order valence-corrected chi connectivity index (χ1v) is 7.49. The molecule has 1 saturated heterocycles. The molecule has 2 rings (SSSR count). The Morgan fingerprint density at radius 2 is 2.10 bits per heavy atom. The predicted octanol–water partition coefficient (Wildman–Crippen LogP) is 3.48. The van der Waals surface area contributed by atoms with Crippen LogP contribution in [-0.2, 0) is 0 Å². The number of rotatable bonds is 5. The fourth-order valence-corrected chi connectivity index (χ4v) is 3.11. The molecule has 20 heavy (non-hydrogen) atoms. The van der Waals surface area contributed by atoms with Gasteiger partial charge in [-0.3, -0.25) is 4.90 Å². The molecule has 1 aromatic carbocycles. The lowest BCUT2D eigenvalue weighted by Crippen LogP contribution is -2.41. The Kier molecular flexibility index (Phi) is 5.75. The summed E-state index contributed by atoms with van der Waals surface area (Å²) in [5.74, 6) is -1.72. The highest BCUT2D eigenvalue weighted by Crippen LogP contribution is 2.27. The van der Waals surface area contributed by atoms with Gasteiger partial charge in [-0.05, 0) is 43.5 Å². The summed E-state index contributed by atoms with van der Waals surface area (Å²) in [5.41, 5.74) is 0.596. The maximum Gasteiger partial charge on any atom is 0.159 e. The highest BCUT2D eigenvalue weighted by atomic mass is 35.5. The second kappa shape index (κ2) is 7.34. The minimum atomic E-state index is -0.862. The molecular formula is C15H20ClF2NO. The van der Waals surface area contributed by atoms with Gasteiger partial charge in [-0.1, -0.05) is 12.5 Å². The summed E-state index contributed by atoms with van der Waals surface area (Å²) < 4.78 is 26.2. The molecule has 0 bridgehead atoms. The smallest absolute Gasteiger partial charge is 0.159 e. The molecule has 1 aromatic rings. The SMILES string of the molecule is OCCC1CCCCN1CC(Cl)c1ccc(F)c(F)c1. The van der Waals surface area contributed by atoms with E-state index in [1.54, 1.807) is 0 Å². The number of hydrogen-bond donors (Lipinski definition) is 1. The molecule has 2 unspecified atom stereocenters. The lowest BCUT2D eigenvalue weighted by Gasteiger charge is -2.36. The molecule has 0 saturated carbocycles. The first kappa shape index (κ1) is 15.7. The van der Waals surface area contributed by atoms with Crippen LogP contribution in [0.1, 0.15) is 36.6 Å². The van der Waals surface area contributed by atoms with Crippen LogP contribution in [0.3, 0.4) is 0 Å². The molecule has 1 heterocycles. The van der Waals surface area contributed by atoms with Crippen molar-refractivity contribution in [2.24, 2.45) is 0 Å². The largest absolute Gasteiger partial charge is 0.396 e. The standard InChI is InChI=1S/C15H20ClF2NO/c16-13(11-4-5-14(17)15(18)9-11)10-19-7-2-1-3-12(19)6-8-20/h4-5,9,12-13,20H,1-3,6-8,10H2. The Morgan fingerprint density at radius 1 is 1.30 bits per heavy atom. The van der Waals surface area contributed by atoms with Gasteiger partial charge in [0.2, 0.25) is 0 Å². The van der Waals surface area contributed by atoms with E-state index in [-0.39, 0.29) is 12.0 Å². The number of nitrogens with zero attached hydrogens (tertiary/aromatic N) is 1. The van der Waals surface area contributed by atoms with Crippen molar-refractivity contribution in [1.82, 2.24) is 4.90 Å². The fourth-order valence-electron chi connectivity index (χ4n) is 2.79. The van der Waals surface area contributed by atoms with Gasteiger partial charge in [-0.25, -0.2) is 8.78 Å². The number of aliphatic hydroxyl groups excluding tert-OH is 1. The van der Waals surface area contributed by atoms with Crippen molar-refractivity contribution in [1.29, 1.82) is 0 Å². The van der Waals surface area contributed by atoms with E-state index in [0.29, 0.717) is 18.2 Å². The molecule has 1 aliphatic heterocycles. The summed E-state index contributed by atoms with van der Waals surface area (Å²) in [7, 11) is 0. The topological polar surface area (TPSA) is 23.5 Å². The Balaban J connectivity index is 2.01. The quantitative estimate of drug-likeness (QED) is 0.842. The number of benzene rings is 1. The predicted molar refractivity (Wildman–Crippen MR) is 75.9 cm³/mol. The molecule has 1 aliphatic rings. The number of halogens is 3. The van der Waals surface area contributed by atoms with Crippen molar-refractivity contribution in [2.45, 2.75) is 37.1 Å². The second-order valence-corrected chi connectivity index (χ2v) is 5.82. The zero-order valence-corrected chi connectivity index (χ0v) is 12.1. The van der Waals surface area contributed by atoms with Gasteiger partial charge >= 0.3 is 0 Å². The summed E-state index contributed by atoms with van der Waals surface area (Å²) in [4.78, 5) is 2.25. The van der Waals surface area contributed by atoms with Crippen LogP contribution >= 0.6 is 11.6 Å². The molecule has 1 N–H and O–H groups in total. The summed E-state index contributed by atoms with van der Waals surface area (Å²) in [6.07, 6.45) is 4.08. The van der Waals surface area contributed by atoms with E-state index >= 15 is 0 Å². The van der Waals surface area contributed by atoms with Gasteiger partial charge in [-0.2, -0.15) is 0 Å². The van der Waals surface area contributed by atoms with Gasteiger partial charge in [0.1, 0.15) is 0 Å². The molecule has 0 spiro atoms. The molecule has 0 radical (unpaired) electrons. The number of alkyl halides is 1. The summed E-state index contributed by atoms with van der Waals surface area (Å²) in [5, 5.41) is 8.73. The van der Waals surface area contributed by atoms with Crippen LogP contribution in [0.15, 0.2) is 18.2 Å². The maximum atomic E-state index is 13.2. The molecule has 2 atom stereocenters. The van der Waals surface area contributed by atoms with Crippen LogP contribution in [0.5, 0.6) is 0 Å². The lowest BCUT2D eigenvalue weighted by molar-refractivity contribution is 0.119. The van der Waals surface area contributed by atoms with E-state index in [1.807, 2.05) is 0 Å². The second-order valence-electron chi connectivity index (χ2n) is 5.30. The van der Waals surface area contributed by atoms with Gasteiger partial charge in [0.15, 0.2) is 11.6 Å². The normalized spacial score (nSPS) is 21.9. The third-order valence-corrected chi connectivity index (χ3v) is 4.30. The van der Waals surface area contributed by atoms with E-state index < -0.39 is 11.6 Å². The Hall–Kier alpha value is -0.710. The van der Waals surface area contributed by atoms with Crippen molar-refractivity contribution in [2.75, 3.05) is 19.7 Å². The average molecular weight is 304 g/mol. The Bertz CT molecular complexity index is 442. The number of aliphatic hydroxyl groups is 1. The third-order valence-electron chi connectivity index (χ3n) is 3.91. The zero-order chi connectivity index (χ0) is 14.5.